The fraction of sp³-hybridized carbons (Fsp3) is 0.907. The van der Waals surface area contributed by atoms with E-state index in [1.165, 1.54) is 12.7 Å². The maximum atomic E-state index is 13.9. The summed E-state index contributed by atoms with van der Waals surface area (Å²) in [7, 11) is 3.12. The number of aliphatic hydroxyl groups excluding tert-OH is 8. The number of fused-ring (bicyclic) bond motifs is 7. The molecule has 2 heterocycles. The van der Waals surface area contributed by atoms with Gasteiger partial charge in [-0.05, 0) is 98.7 Å². The monoisotopic (exact) mass is 839 g/mol. The second-order valence-electron chi connectivity index (χ2n) is 20.4. The number of carbonyl (C=O) groups excluding carboxylic acids is 2. The van der Waals surface area contributed by atoms with Gasteiger partial charge in [-0.3, -0.25) is 9.59 Å². The number of carbonyl (C=O) groups is 2. The molecule has 336 valence electrons. The first kappa shape index (κ1) is 45.2. The standard InChI is InChI=1S/C43H69NO15/c1-38(37(54)55-7)12-14-43(36(53)44-6)15-13-41(4)21(22(43)16-38)8-9-27-39(2)17-23(47)33(40(3,20-46)26(39)10-11-42(27,41)5)59-34-31(51)29(49)25(19-56-34)58-35-32(52)30(50)28(48)24(18-45)57-35/h8,22-35,45-52H,9-20H2,1-7H3,(H,44,53)/t22-,23-,24+,25+,26+,27+,28+,29-,30-,31+,32+,33-,34-,35-,38-,39-,40-,41+,42+,43-/m0/s1. The molecule has 0 spiro atoms. The van der Waals surface area contributed by atoms with E-state index in [4.69, 9.17) is 23.7 Å². The average Bonchev–Trinajstić information content (AvgIpc) is 3.21. The molecule has 20 atom stereocenters. The van der Waals surface area contributed by atoms with Gasteiger partial charge in [-0.2, -0.15) is 0 Å². The summed E-state index contributed by atoms with van der Waals surface area (Å²) in [6.45, 7) is 9.45. The van der Waals surface area contributed by atoms with Gasteiger partial charge >= 0.3 is 5.97 Å². The molecule has 4 saturated carbocycles. The number of methoxy groups -OCH3 is 1. The van der Waals surface area contributed by atoms with Crippen molar-refractivity contribution in [1.29, 1.82) is 0 Å². The van der Waals surface area contributed by atoms with Crippen LogP contribution in [0.4, 0.5) is 0 Å². The third-order valence-corrected chi connectivity index (χ3v) is 17.7. The van der Waals surface area contributed by atoms with Crippen LogP contribution in [0.5, 0.6) is 0 Å². The fourth-order valence-corrected chi connectivity index (χ4v) is 14.0. The van der Waals surface area contributed by atoms with Crippen molar-refractivity contribution in [1.82, 2.24) is 5.32 Å². The summed E-state index contributed by atoms with van der Waals surface area (Å²) < 4.78 is 28.7. The Hall–Kier alpha value is -1.80. The van der Waals surface area contributed by atoms with Crippen molar-refractivity contribution < 1.29 is 74.1 Å². The number of nitrogens with one attached hydrogen (secondary N) is 1. The maximum Gasteiger partial charge on any atom is 0.311 e. The Labute approximate surface area is 346 Å². The molecule has 5 aliphatic carbocycles. The van der Waals surface area contributed by atoms with E-state index >= 15 is 0 Å². The molecular weight excluding hydrogens is 770 g/mol. The Morgan fingerprint density at radius 1 is 0.831 bits per heavy atom. The van der Waals surface area contributed by atoms with Crippen LogP contribution in [0.3, 0.4) is 0 Å². The number of allylic oxidation sites excluding steroid dienone is 2. The van der Waals surface area contributed by atoms with Crippen LogP contribution in [0.15, 0.2) is 11.6 Å². The Morgan fingerprint density at radius 2 is 1.51 bits per heavy atom. The van der Waals surface area contributed by atoms with Gasteiger partial charge in [0.2, 0.25) is 5.91 Å². The van der Waals surface area contributed by atoms with Gasteiger partial charge in [-0.15, -0.1) is 0 Å². The zero-order valence-electron chi connectivity index (χ0n) is 35.6. The molecule has 0 aromatic carbocycles. The molecule has 0 bridgehead atoms. The molecular formula is C43H69NO15. The average molecular weight is 840 g/mol. The van der Waals surface area contributed by atoms with Gasteiger partial charge in [0.05, 0.1) is 50.0 Å². The van der Waals surface area contributed by atoms with E-state index in [2.05, 4.69) is 32.2 Å². The largest absolute Gasteiger partial charge is 0.469 e. The van der Waals surface area contributed by atoms with E-state index < -0.39 is 95.8 Å². The van der Waals surface area contributed by atoms with Gasteiger partial charge < -0.3 is 69.9 Å². The van der Waals surface area contributed by atoms with Crippen LogP contribution in [0.1, 0.15) is 92.4 Å². The summed E-state index contributed by atoms with van der Waals surface area (Å²) >= 11 is 0. The van der Waals surface area contributed by atoms with Gasteiger partial charge in [0, 0.05) is 12.5 Å². The summed E-state index contributed by atoms with van der Waals surface area (Å²) in [5.74, 6) is -0.396. The summed E-state index contributed by atoms with van der Waals surface area (Å²) in [5.41, 5.74) is -2.10. The van der Waals surface area contributed by atoms with E-state index in [0.29, 0.717) is 44.9 Å². The molecule has 9 N–H and O–H groups in total. The second-order valence-corrected chi connectivity index (χ2v) is 20.4. The quantitative estimate of drug-likeness (QED) is 0.0905. The zero-order valence-corrected chi connectivity index (χ0v) is 35.6. The Balaban J connectivity index is 1.12. The highest BCUT2D eigenvalue weighted by molar-refractivity contribution is 5.85. The van der Waals surface area contributed by atoms with E-state index in [-0.39, 0.29) is 53.7 Å². The zero-order chi connectivity index (χ0) is 43.2. The minimum atomic E-state index is -1.72. The molecule has 2 aliphatic heterocycles. The number of aliphatic hydroxyl groups is 8. The molecule has 0 unspecified atom stereocenters. The number of esters is 1. The van der Waals surface area contributed by atoms with Crippen molar-refractivity contribution >= 4 is 11.9 Å². The first-order valence-electron chi connectivity index (χ1n) is 21.6. The Kier molecular flexibility index (Phi) is 12.1. The topological polar surface area (TPSA) is 254 Å². The first-order valence-corrected chi connectivity index (χ1v) is 21.6. The highest BCUT2D eigenvalue weighted by Gasteiger charge is 2.71. The third kappa shape index (κ3) is 6.60. The first-order chi connectivity index (χ1) is 27.7. The van der Waals surface area contributed by atoms with Crippen molar-refractivity contribution in [3.8, 4) is 0 Å². The number of hydrogen-bond donors (Lipinski definition) is 9. The fourth-order valence-electron chi connectivity index (χ4n) is 14.0. The predicted octanol–water partition coefficient (Wildman–Crippen LogP) is 0.279. The van der Waals surface area contributed by atoms with Gasteiger partial charge in [-0.1, -0.05) is 39.3 Å². The highest BCUT2D eigenvalue weighted by Crippen LogP contribution is 2.76. The SMILES string of the molecule is CNC(=O)[C@]12CC[C@](C)(C(=O)OC)C[C@H]1C1=CC[C@@H]3[C@@]4(C)C[C@H](O)[C@H](O[C@@H]5OC[C@@H](O[C@@H]6O[C@H](CO)[C@@H](O)[C@H](O)[C@H]6O)[C@H](O)[C@H]5O)[C@@](C)(CO)[C@@H]4CC[C@@]3(C)[C@]1(C)CC2. The number of hydrogen-bond acceptors (Lipinski definition) is 15. The normalized spacial score (nSPS) is 53.4. The lowest BCUT2D eigenvalue weighted by Gasteiger charge is -2.72. The number of ether oxygens (including phenoxy) is 5. The van der Waals surface area contributed by atoms with Crippen LogP contribution in [-0.4, -0.2) is 154 Å². The summed E-state index contributed by atoms with van der Waals surface area (Å²) in [5, 5.41) is 89.1. The van der Waals surface area contributed by atoms with Crippen LogP contribution in [0.25, 0.3) is 0 Å². The van der Waals surface area contributed by atoms with Crippen molar-refractivity contribution in [2.45, 2.75) is 160 Å². The van der Waals surface area contributed by atoms with Crippen LogP contribution < -0.4 is 5.32 Å². The minimum Gasteiger partial charge on any atom is -0.469 e. The lowest BCUT2D eigenvalue weighted by Crippen LogP contribution is -2.69. The van der Waals surface area contributed by atoms with Gasteiger partial charge in [0.25, 0.3) is 0 Å². The minimum absolute atomic E-state index is 0.0249. The van der Waals surface area contributed by atoms with Crippen LogP contribution in [-0.2, 0) is 33.3 Å². The maximum absolute atomic E-state index is 13.9. The Bertz CT molecular complexity index is 1630. The highest BCUT2D eigenvalue weighted by atomic mass is 16.7. The molecule has 0 radical (unpaired) electrons. The molecule has 59 heavy (non-hydrogen) atoms. The van der Waals surface area contributed by atoms with Crippen LogP contribution >= 0.6 is 0 Å². The van der Waals surface area contributed by atoms with E-state index in [1.54, 1.807) is 7.05 Å². The van der Waals surface area contributed by atoms with Crippen molar-refractivity contribution in [2.24, 2.45) is 50.2 Å². The molecule has 2 saturated heterocycles. The van der Waals surface area contributed by atoms with Crippen molar-refractivity contribution in [3.05, 3.63) is 11.6 Å². The predicted molar refractivity (Wildman–Crippen MR) is 208 cm³/mol. The number of amides is 1. The van der Waals surface area contributed by atoms with E-state index in [9.17, 15) is 50.4 Å². The molecule has 16 nitrogen and oxygen atoms in total. The lowest BCUT2D eigenvalue weighted by molar-refractivity contribution is -0.357. The molecule has 0 aromatic rings. The van der Waals surface area contributed by atoms with Crippen LogP contribution in [0, 0.1) is 50.2 Å². The molecule has 1 amide bonds. The van der Waals surface area contributed by atoms with Crippen LogP contribution in [0.2, 0.25) is 0 Å². The summed E-state index contributed by atoms with van der Waals surface area (Å²) in [6, 6.07) is 0. The third-order valence-electron chi connectivity index (χ3n) is 17.7. The smallest absolute Gasteiger partial charge is 0.311 e. The molecule has 7 rings (SSSR count). The van der Waals surface area contributed by atoms with Gasteiger partial charge in [0.1, 0.15) is 42.7 Å². The number of rotatable bonds is 8. The lowest BCUT2D eigenvalue weighted by atomic mass is 9.33. The summed E-state index contributed by atoms with van der Waals surface area (Å²) in [4.78, 5) is 27.1. The molecule has 16 heteroatoms. The van der Waals surface area contributed by atoms with Gasteiger partial charge in [0.15, 0.2) is 12.6 Å². The molecule has 0 aromatic heterocycles. The molecule has 6 fully saturated rings. The second kappa shape index (κ2) is 15.8. The van der Waals surface area contributed by atoms with Crippen molar-refractivity contribution in [2.75, 3.05) is 34.0 Å². The van der Waals surface area contributed by atoms with E-state index in [1.807, 2.05) is 13.8 Å². The summed E-state index contributed by atoms with van der Waals surface area (Å²) in [6.07, 6.45) is -7.78. The van der Waals surface area contributed by atoms with E-state index in [0.717, 1.165) is 12.8 Å². The molecule has 7 aliphatic rings. The van der Waals surface area contributed by atoms with Crippen molar-refractivity contribution in [3.63, 3.8) is 0 Å². The van der Waals surface area contributed by atoms with Gasteiger partial charge in [-0.25, -0.2) is 0 Å². The Morgan fingerprint density at radius 3 is 2.15 bits per heavy atom.